The van der Waals surface area contributed by atoms with Crippen LogP contribution in [0.1, 0.15) is 12.5 Å². The average Bonchev–Trinajstić information content (AvgIpc) is 2.48. The Kier molecular flexibility index (Phi) is 4.42. The molecule has 0 aliphatic heterocycles. The van der Waals surface area contributed by atoms with Crippen molar-refractivity contribution in [3.05, 3.63) is 54.1 Å². The maximum atomic E-state index is 12.1. The fourth-order valence-electron chi connectivity index (χ4n) is 1.88. The van der Waals surface area contributed by atoms with Crippen LogP contribution in [0.3, 0.4) is 0 Å². The van der Waals surface area contributed by atoms with E-state index in [0.29, 0.717) is 17.1 Å². The first-order valence-electron chi connectivity index (χ1n) is 6.44. The lowest BCUT2D eigenvalue weighted by molar-refractivity contribution is 0.597. The van der Waals surface area contributed by atoms with Crippen LogP contribution in [0.4, 0.5) is 11.4 Å². The van der Waals surface area contributed by atoms with E-state index in [4.69, 9.17) is 5.73 Å². The number of rotatable bonds is 5. The van der Waals surface area contributed by atoms with Gasteiger partial charge in [-0.2, -0.15) is 0 Å². The number of hydrogen-bond donors (Lipinski definition) is 2. The number of hydrogen-bond acceptors (Lipinski definition) is 4. The number of nitrogens with two attached hydrogens (primary N) is 1. The minimum atomic E-state index is -3.24. The molecule has 0 aliphatic carbocycles. The molecule has 0 saturated heterocycles. The Labute approximate surface area is 119 Å². The third kappa shape index (κ3) is 3.18. The smallest absolute Gasteiger partial charge is 0.180 e. The van der Waals surface area contributed by atoms with Crippen LogP contribution in [0, 0.1) is 0 Å². The summed E-state index contributed by atoms with van der Waals surface area (Å²) in [5.74, 6) is 0.0812. The third-order valence-electron chi connectivity index (χ3n) is 3.07. The summed E-state index contributed by atoms with van der Waals surface area (Å²) in [6, 6.07) is 14.5. The maximum absolute atomic E-state index is 12.1. The Balaban J connectivity index is 2.34. The van der Waals surface area contributed by atoms with Crippen LogP contribution in [0.15, 0.2) is 53.4 Å². The van der Waals surface area contributed by atoms with Gasteiger partial charge in [0, 0.05) is 12.2 Å². The molecule has 0 amide bonds. The van der Waals surface area contributed by atoms with E-state index < -0.39 is 9.84 Å². The molecule has 2 aromatic carbocycles. The number of sulfone groups is 1. The van der Waals surface area contributed by atoms with Gasteiger partial charge in [-0.1, -0.05) is 31.2 Å². The molecule has 2 aromatic rings. The number of anilines is 2. The molecule has 3 N–H and O–H groups in total. The highest BCUT2D eigenvalue weighted by Gasteiger charge is 2.15. The molecule has 0 fully saturated rings. The highest BCUT2D eigenvalue weighted by Crippen LogP contribution is 2.25. The molecule has 0 radical (unpaired) electrons. The van der Waals surface area contributed by atoms with Crippen molar-refractivity contribution in [2.24, 2.45) is 5.73 Å². The SMILES string of the molecule is CCS(=O)(=O)c1ccccc1Nc1ccc(CN)cc1. The van der Waals surface area contributed by atoms with Crippen molar-refractivity contribution < 1.29 is 8.42 Å². The number of nitrogens with one attached hydrogen (secondary N) is 1. The summed E-state index contributed by atoms with van der Waals surface area (Å²) in [7, 11) is -3.24. The van der Waals surface area contributed by atoms with Crippen molar-refractivity contribution in [1.82, 2.24) is 0 Å². The molecule has 0 unspecified atom stereocenters. The topological polar surface area (TPSA) is 72.2 Å². The molecule has 0 heterocycles. The van der Waals surface area contributed by atoms with Gasteiger partial charge >= 0.3 is 0 Å². The summed E-state index contributed by atoms with van der Waals surface area (Å²) in [5.41, 5.74) is 8.01. The predicted molar refractivity (Wildman–Crippen MR) is 81.8 cm³/mol. The average molecular weight is 290 g/mol. The monoisotopic (exact) mass is 290 g/mol. The highest BCUT2D eigenvalue weighted by molar-refractivity contribution is 7.91. The Bertz CT molecular complexity index is 679. The fraction of sp³-hybridized carbons (Fsp3) is 0.200. The molecule has 20 heavy (non-hydrogen) atoms. The van der Waals surface area contributed by atoms with Gasteiger partial charge in [0.1, 0.15) is 0 Å². The third-order valence-corrected chi connectivity index (χ3v) is 4.86. The molecule has 5 heteroatoms. The zero-order valence-electron chi connectivity index (χ0n) is 11.3. The lowest BCUT2D eigenvalue weighted by atomic mass is 10.2. The first-order valence-corrected chi connectivity index (χ1v) is 8.10. The van der Waals surface area contributed by atoms with Crippen LogP contribution < -0.4 is 11.1 Å². The summed E-state index contributed by atoms with van der Waals surface area (Å²) in [6.07, 6.45) is 0. The molecular formula is C15H18N2O2S. The summed E-state index contributed by atoms with van der Waals surface area (Å²) in [5, 5.41) is 3.14. The van der Waals surface area contributed by atoms with E-state index in [1.165, 1.54) is 0 Å². The van der Waals surface area contributed by atoms with Gasteiger partial charge in [-0.05, 0) is 29.8 Å². The molecule has 4 nitrogen and oxygen atoms in total. The minimum absolute atomic E-state index is 0.0812. The van der Waals surface area contributed by atoms with Crippen LogP contribution in [-0.4, -0.2) is 14.2 Å². The van der Waals surface area contributed by atoms with Crippen LogP contribution >= 0.6 is 0 Å². The zero-order valence-corrected chi connectivity index (χ0v) is 12.2. The summed E-state index contributed by atoms with van der Waals surface area (Å²) >= 11 is 0. The predicted octanol–water partition coefficient (Wildman–Crippen LogP) is 2.68. The van der Waals surface area contributed by atoms with Crippen LogP contribution in [0.2, 0.25) is 0 Å². The first kappa shape index (κ1) is 14.6. The van der Waals surface area contributed by atoms with Crippen LogP contribution in [-0.2, 0) is 16.4 Å². The zero-order chi connectivity index (χ0) is 14.6. The van der Waals surface area contributed by atoms with Gasteiger partial charge in [0.15, 0.2) is 9.84 Å². The van der Waals surface area contributed by atoms with Gasteiger partial charge in [-0.25, -0.2) is 8.42 Å². The normalized spacial score (nSPS) is 11.3. The molecule has 2 rings (SSSR count). The van der Waals surface area contributed by atoms with Crippen molar-refractivity contribution in [3.63, 3.8) is 0 Å². The highest BCUT2D eigenvalue weighted by atomic mass is 32.2. The van der Waals surface area contributed by atoms with Gasteiger partial charge in [0.05, 0.1) is 16.3 Å². The van der Waals surface area contributed by atoms with E-state index in [1.807, 2.05) is 30.3 Å². The molecule has 0 atom stereocenters. The van der Waals surface area contributed by atoms with E-state index >= 15 is 0 Å². The molecule has 0 aliphatic rings. The second kappa shape index (κ2) is 6.07. The van der Waals surface area contributed by atoms with Gasteiger partial charge in [0.25, 0.3) is 0 Å². The molecule has 0 aromatic heterocycles. The first-order chi connectivity index (χ1) is 9.56. The Hall–Kier alpha value is -1.85. The Morgan fingerprint density at radius 3 is 2.30 bits per heavy atom. The van der Waals surface area contributed by atoms with Gasteiger partial charge in [-0.3, -0.25) is 0 Å². The fourth-order valence-corrected chi connectivity index (χ4v) is 2.93. The van der Waals surface area contributed by atoms with Gasteiger partial charge < -0.3 is 11.1 Å². The van der Waals surface area contributed by atoms with Crippen molar-refractivity contribution in [3.8, 4) is 0 Å². The van der Waals surface area contributed by atoms with Crippen molar-refractivity contribution in [1.29, 1.82) is 0 Å². The lowest BCUT2D eigenvalue weighted by Gasteiger charge is -2.12. The molecule has 106 valence electrons. The second-order valence-corrected chi connectivity index (χ2v) is 6.67. The maximum Gasteiger partial charge on any atom is 0.180 e. The summed E-state index contributed by atoms with van der Waals surface area (Å²) < 4.78 is 24.1. The van der Waals surface area contributed by atoms with E-state index in [9.17, 15) is 8.42 Å². The number of para-hydroxylation sites is 1. The second-order valence-electron chi connectivity index (χ2n) is 4.43. The van der Waals surface area contributed by atoms with E-state index in [2.05, 4.69) is 5.32 Å². The molecule has 0 saturated carbocycles. The lowest BCUT2D eigenvalue weighted by Crippen LogP contribution is -2.07. The summed E-state index contributed by atoms with van der Waals surface area (Å²) in [6.45, 7) is 2.13. The minimum Gasteiger partial charge on any atom is -0.354 e. The van der Waals surface area contributed by atoms with Crippen LogP contribution in [0.5, 0.6) is 0 Å². The molecular weight excluding hydrogens is 272 g/mol. The quantitative estimate of drug-likeness (QED) is 0.888. The molecule has 0 bridgehead atoms. The van der Waals surface area contributed by atoms with Gasteiger partial charge in [0.2, 0.25) is 0 Å². The van der Waals surface area contributed by atoms with E-state index in [0.717, 1.165) is 11.3 Å². The van der Waals surface area contributed by atoms with Crippen LogP contribution in [0.25, 0.3) is 0 Å². The van der Waals surface area contributed by atoms with E-state index in [1.54, 1.807) is 25.1 Å². The van der Waals surface area contributed by atoms with E-state index in [-0.39, 0.29) is 5.75 Å². The van der Waals surface area contributed by atoms with Crippen molar-refractivity contribution in [2.45, 2.75) is 18.4 Å². The standard InChI is InChI=1S/C15H18N2O2S/c1-2-20(18,19)15-6-4-3-5-14(15)17-13-9-7-12(11-16)8-10-13/h3-10,17H,2,11,16H2,1H3. The Morgan fingerprint density at radius 1 is 1.05 bits per heavy atom. The summed E-state index contributed by atoms with van der Waals surface area (Å²) in [4.78, 5) is 0.324. The Morgan fingerprint density at radius 2 is 1.70 bits per heavy atom. The van der Waals surface area contributed by atoms with Crippen molar-refractivity contribution >= 4 is 21.2 Å². The van der Waals surface area contributed by atoms with Gasteiger partial charge in [-0.15, -0.1) is 0 Å². The number of benzene rings is 2. The molecule has 0 spiro atoms. The van der Waals surface area contributed by atoms with Crippen molar-refractivity contribution in [2.75, 3.05) is 11.1 Å². The largest absolute Gasteiger partial charge is 0.354 e.